The number of aromatic hydroxyl groups is 2. The van der Waals surface area contributed by atoms with Crippen molar-refractivity contribution in [2.24, 2.45) is 0 Å². The molecule has 2 nitrogen and oxygen atoms in total. The highest BCUT2D eigenvalue weighted by molar-refractivity contribution is 6.10. The van der Waals surface area contributed by atoms with E-state index < -0.39 is 0 Å². The number of phenolic OH excluding ortho intramolecular Hbond substituents is 2. The quantitative estimate of drug-likeness (QED) is 0.303. The fourth-order valence-electron chi connectivity index (χ4n) is 4.96. The highest BCUT2D eigenvalue weighted by Crippen LogP contribution is 2.46. The predicted octanol–water partition coefficient (Wildman–Crippen LogP) is 7.82. The fraction of sp³-hybridized carbons (Fsp3) is 0.0323. The lowest BCUT2D eigenvalue weighted by atomic mass is 9.88. The van der Waals surface area contributed by atoms with Gasteiger partial charge in [-0.25, -0.2) is 0 Å². The molecule has 0 aromatic heterocycles. The summed E-state index contributed by atoms with van der Waals surface area (Å²) in [5.41, 5.74) is 3.35. The summed E-state index contributed by atoms with van der Waals surface area (Å²) in [5.74, 6) is 0.379. The van der Waals surface area contributed by atoms with Crippen LogP contribution < -0.4 is 0 Å². The summed E-state index contributed by atoms with van der Waals surface area (Å²) in [6, 6.07) is 36.3. The van der Waals surface area contributed by atoms with E-state index in [9.17, 15) is 10.2 Å². The molecule has 0 atom stereocenters. The normalized spacial score (nSPS) is 11.4. The first-order valence-electron chi connectivity index (χ1n) is 11.1. The number of fused-ring (bicyclic) bond motifs is 3. The molecule has 158 valence electrons. The molecule has 0 heterocycles. The molecule has 0 aliphatic rings. The first-order chi connectivity index (χ1) is 16.2. The number of benzene rings is 6. The summed E-state index contributed by atoms with van der Waals surface area (Å²) in [6.07, 6.45) is 0.594. The van der Waals surface area contributed by atoms with Crippen LogP contribution in [0.25, 0.3) is 43.4 Å². The van der Waals surface area contributed by atoms with Crippen LogP contribution in [-0.2, 0) is 6.42 Å². The van der Waals surface area contributed by atoms with Gasteiger partial charge in [0.2, 0.25) is 0 Å². The maximum atomic E-state index is 11.6. The van der Waals surface area contributed by atoms with E-state index in [1.165, 1.54) is 10.8 Å². The van der Waals surface area contributed by atoms with Crippen molar-refractivity contribution in [3.8, 4) is 22.6 Å². The van der Waals surface area contributed by atoms with Gasteiger partial charge in [-0.05, 0) is 55.6 Å². The van der Waals surface area contributed by atoms with Crippen LogP contribution >= 0.6 is 0 Å². The fourth-order valence-corrected chi connectivity index (χ4v) is 4.96. The highest BCUT2D eigenvalue weighted by atomic mass is 16.3. The van der Waals surface area contributed by atoms with Gasteiger partial charge in [0, 0.05) is 17.5 Å². The van der Waals surface area contributed by atoms with Crippen molar-refractivity contribution >= 4 is 32.3 Å². The molecule has 6 aromatic rings. The van der Waals surface area contributed by atoms with Crippen molar-refractivity contribution < 1.29 is 10.2 Å². The van der Waals surface area contributed by atoms with Crippen LogP contribution in [-0.4, -0.2) is 10.2 Å². The minimum Gasteiger partial charge on any atom is -0.507 e. The van der Waals surface area contributed by atoms with E-state index in [0.717, 1.165) is 32.7 Å². The monoisotopic (exact) mass is 426 g/mol. The molecule has 0 radical (unpaired) electrons. The van der Waals surface area contributed by atoms with E-state index in [4.69, 9.17) is 0 Å². The molecule has 0 saturated carbocycles. The molecule has 0 aliphatic heterocycles. The summed E-state index contributed by atoms with van der Waals surface area (Å²) in [5, 5.41) is 28.9. The third kappa shape index (κ3) is 3.19. The second-order valence-electron chi connectivity index (χ2n) is 8.48. The third-order valence-corrected chi connectivity index (χ3v) is 6.52. The number of hydrogen-bond donors (Lipinski definition) is 2. The maximum Gasteiger partial charge on any atom is 0.127 e. The number of hydrogen-bond acceptors (Lipinski definition) is 2. The highest BCUT2D eigenvalue weighted by Gasteiger charge is 2.20. The summed E-state index contributed by atoms with van der Waals surface area (Å²) in [6.45, 7) is 0. The minimum absolute atomic E-state index is 0.163. The zero-order valence-corrected chi connectivity index (χ0v) is 18.0. The van der Waals surface area contributed by atoms with Gasteiger partial charge in [-0.15, -0.1) is 0 Å². The van der Waals surface area contributed by atoms with E-state index in [0.29, 0.717) is 17.5 Å². The zero-order chi connectivity index (χ0) is 22.4. The first kappa shape index (κ1) is 19.4. The van der Waals surface area contributed by atoms with Gasteiger partial charge < -0.3 is 10.2 Å². The van der Waals surface area contributed by atoms with Crippen LogP contribution in [0, 0.1) is 0 Å². The van der Waals surface area contributed by atoms with Crippen molar-refractivity contribution in [2.75, 3.05) is 0 Å². The van der Waals surface area contributed by atoms with Gasteiger partial charge in [0.1, 0.15) is 11.5 Å². The Morgan fingerprint density at radius 3 is 1.79 bits per heavy atom. The van der Waals surface area contributed by atoms with Crippen LogP contribution in [0.4, 0.5) is 0 Å². The Morgan fingerprint density at radius 2 is 1.03 bits per heavy atom. The van der Waals surface area contributed by atoms with E-state index >= 15 is 0 Å². The number of phenols is 2. The molecule has 2 heteroatoms. The Labute approximate surface area is 192 Å². The topological polar surface area (TPSA) is 40.5 Å². The average Bonchev–Trinajstić information content (AvgIpc) is 2.85. The summed E-state index contributed by atoms with van der Waals surface area (Å²) in [4.78, 5) is 0. The molecular formula is C31H22O2. The van der Waals surface area contributed by atoms with Crippen molar-refractivity contribution in [3.05, 3.63) is 120 Å². The van der Waals surface area contributed by atoms with Crippen molar-refractivity contribution in [1.29, 1.82) is 0 Å². The molecule has 6 rings (SSSR count). The predicted molar refractivity (Wildman–Crippen MR) is 137 cm³/mol. The Hall–Kier alpha value is -4.30. The molecule has 0 bridgehead atoms. The maximum absolute atomic E-state index is 11.6. The molecule has 6 aromatic carbocycles. The molecule has 33 heavy (non-hydrogen) atoms. The summed E-state index contributed by atoms with van der Waals surface area (Å²) < 4.78 is 0. The Balaban J connectivity index is 1.65. The molecule has 0 fully saturated rings. The molecule has 0 spiro atoms. The van der Waals surface area contributed by atoms with Crippen LogP contribution in [0.5, 0.6) is 11.5 Å². The van der Waals surface area contributed by atoms with Gasteiger partial charge in [-0.1, -0.05) is 97.1 Å². The summed E-state index contributed by atoms with van der Waals surface area (Å²) in [7, 11) is 0. The zero-order valence-electron chi connectivity index (χ0n) is 18.0. The Bertz CT molecular complexity index is 1660. The van der Waals surface area contributed by atoms with E-state index in [1.54, 1.807) is 6.07 Å². The number of rotatable bonds is 3. The molecule has 0 saturated heterocycles. The van der Waals surface area contributed by atoms with E-state index in [-0.39, 0.29) is 11.5 Å². The van der Waals surface area contributed by atoms with E-state index in [1.807, 2.05) is 60.7 Å². The van der Waals surface area contributed by atoms with Gasteiger partial charge in [0.15, 0.2) is 0 Å². The Kier molecular flexibility index (Phi) is 4.51. The molecular weight excluding hydrogens is 404 g/mol. The van der Waals surface area contributed by atoms with Gasteiger partial charge in [-0.2, -0.15) is 0 Å². The SMILES string of the molecule is Oc1ccc2ccccc2c1-c1c(O)c(Cc2cccc3ccccc23)cc2ccccc12. The van der Waals surface area contributed by atoms with Crippen LogP contribution in [0.2, 0.25) is 0 Å². The lowest BCUT2D eigenvalue weighted by Crippen LogP contribution is -1.95. The van der Waals surface area contributed by atoms with Gasteiger partial charge in [-0.3, -0.25) is 0 Å². The molecule has 2 N–H and O–H groups in total. The smallest absolute Gasteiger partial charge is 0.127 e. The van der Waals surface area contributed by atoms with Crippen LogP contribution in [0.15, 0.2) is 109 Å². The van der Waals surface area contributed by atoms with Crippen molar-refractivity contribution in [2.45, 2.75) is 6.42 Å². The lowest BCUT2D eigenvalue weighted by molar-refractivity contribution is 0.467. The first-order valence-corrected chi connectivity index (χ1v) is 11.1. The third-order valence-electron chi connectivity index (χ3n) is 6.52. The standard InChI is InChI=1S/C31H22O2/c32-28-17-16-21-9-2-5-14-26(21)29(28)30-27-15-6-3-10-23(27)19-24(31(30)33)18-22-12-7-11-20-8-1-4-13-25(20)22/h1-17,19,32-33H,18H2. The minimum atomic E-state index is 0.163. The van der Waals surface area contributed by atoms with Crippen LogP contribution in [0.3, 0.4) is 0 Å². The lowest BCUT2D eigenvalue weighted by Gasteiger charge is -2.17. The van der Waals surface area contributed by atoms with Crippen molar-refractivity contribution in [1.82, 2.24) is 0 Å². The molecule has 0 unspecified atom stereocenters. The van der Waals surface area contributed by atoms with Crippen LogP contribution in [0.1, 0.15) is 11.1 Å². The summed E-state index contributed by atoms with van der Waals surface area (Å²) >= 11 is 0. The largest absolute Gasteiger partial charge is 0.507 e. The molecule has 0 aliphatic carbocycles. The Morgan fingerprint density at radius 1 is 0.455 bits per heavy atom. The van der Waals surface area contributed by atoms with Gasteiger partial charge >= 0.3 is 0 Å². The second-order valence-corrected chi connectivity index (χ2v) is 8.48. The average molecular weight is 427 g/mol. The molecule has 0 amide bonds. The van der Waals surface area contributed by atoms with Gasteiger partial charge in [0.05, 0.1) is 0 Å². The van der Waals surface area contributed by atoms with Crippen molar-refractivity contribution in [3.63, 3.8) is 0 Å². The van der Waals surface area contributed by atoms with Gasteiger partial charge in [0.25, 0.3) is 0 Å². The second kappa shape index (κ2) is 7.68. The van der Waals surface area contributed by atoms with E-state index in [2.05, 4.69) is 42.5 Å².